The molecule has 0 radical (unpaired) electrons. The summed E-state index contributed by atoms with van der Waals surface area (Å²) in [5.41, 5.74) is -0.329. The zero-order chi connectivity index (χ0) is 10.6. The van der Waals surface area contributed by atoms with Crippen molar-refractivity contribution < 1.29 is 9.90 Å². The Morgan fingerprint density at radius 1 is 1.57 bits per heavy atom. The SMILES string of the molecule is CCC(I)CCCC1(C(=O)O)CCC1. The van der Waals surface area contributed by atoms with Crippen LogP contribution in [0.4, 0.5) is 0 Å². The molecular weight excluding hydrogens is 291 g/mol. The number of carboxylic acid groups (broad SMARTS) is 1. The minimum absolute atomic E-state index is 0.329. The first-order valence-corrected chi connectivity index (χ1v) is 6.73. The van der Waals surface area contributed by atoms with Gasteiger partial charge in [-0.05, 0) is 32.1 Å². The highest BCUT2D eigenvalue weighted by Crippen LogP contribution is 2.45. The molecule has 0 aromatic rings. The van der Waals surface area contributed by atoms with E-state index in [1.165, 1.54) is 12.8 Å². The van der Waals surface area contributed by atoms with Crippen molar-refractivity contribution in [3.05, 3.63) is 0 Å². The molecule has 0 heterocycles. The zero-order valence-electron chi connectivity index (χ0n) is 8.76. The molecule has 3 heteroatoms. The van der Waals surface area contributed by atoms with Gasteiger partial charge >= 0.3 is 5.97 Å². The van der Waals surface area contributed by atoms with Gasteiger partial charge in [0.15, 0.2) is 0 Å². The van der Waals surface area contributed by atoms with Gasteiger partial charge in [-0.2, -0.15) is 0 Å². The van der Waals surface area contributed by atoms with E-state index in [-0.39, 0.29) is 5.41 Å². The Bertz CT molecular complexity index is 199. The molecule has 1 unspecified atom stereocenters. The van der Waals surface area contributed by atoms with Crippen molar-refractivity contribution in [1.29, 1.82) is 0 Å². The summed E-state index contributed by atoms with van der Waals surface area (Å²) < 4.78 is 0.721. The second kappa shape index (κ2) is 5.33. The molecule has 1 saturated carbocycles. The molecule has 0 amide bonds. The Morgan fingerprint density at radius 2 is 2.21 bits per heavy atom. The highest BCUT2D eigenvalue weighted by Gasteiger charge is 2.43. The number of rotatable bonds is 6. The van der Waals surface area contributed by atoms with E-state index in [0.29, 0.717) is 0 Å². The standard InChI is InChI=1S/C11H19IO2/c1-2-9(12)5-3-6-11(10(13)14)7-4-8-11/h9H,2-8H2,1H3,(H,13,14). The maximum Gasteiger partial charge on any atom is 0.309 e. The molecule has 82 valence electrons. The van der Waals surface area contributed by atoms with Gasteiger partial charge in [0.1, 0.15) is 0 Å². The van der Waals surface area contributed by atoms with Gasteiger partial charge in [0.2, 0.25) is 0 Å². The summed E-state index contributed by atoms with van der Waals surface area (Å²) in [6.45, 7) is 2.19. The third-order valence-electron chi connectivity index (χ3n) is 3.38. The molecule has 0 spiro atoms. The quantitative estimate of drug-likeness (QED) is 0.601. The Balaban J connectivity index is 2.25. The summed E-state index contributed by atoms with van der Waals surface area (Å²) in [4.78, 5) is 11.0. The molecule has 0 bridgehead atoms. The first-order valence-electron chi connectivity index (χ1n) is 5.48. The van der Waals surface area contributed by atoms with Crippen LogP contribution >= 0.6 is 22.6 Å². The van der Waals surface area contributed by atoms with Crippen molar-refractivity contribution in [2.75, 3.05) is 0 Å². The van der Waals surface area contributed by atoms with E-state index < -0.39 is 5.97 Å². The fourth-order valence-electron chi connectivity index (χ4n) is 2.04. The van der Waals surface area contributed by atoms with Crippen molar-refractivity contribution in [1.82, 2.24) is 0 Å². The summed E-state index contributed by atoms with van der Waals surface area (Å²) in [6, 6.07) is 0. The number of hydrogen-bond donors (Lipinski definition) is 1. The minimum atomic E-state index is -0.565. The van der Waals surface area contributed by atoms with Gasteiger partial charge in [-0.15, -0.1) is 0 Å². The van der Waals surface area contributed by atoms with Gasteiger partial charge in [-0.1, -0.05) is 42.4 Å². The van der Waals surface area contributed by atoms with Gasteiger partial charge in [0.05, 0.1) is 5.41 Å². The van der Waals surface area contributed by atoms with E-state index in [0.717, 1.165) is 36.0 Å². The maximum atomic E-state index is 11.0. The summed E-state index contributed by atoms with van der Waals surface area (Å²) in [5, 5.41) is 9.10. The predicted molar refractivity (Wildman–Crippen MR) is 65.9 cm³/mol. The number of carbonyl (C=O) groups is 1. The van der Waals surface area contributed by atoms with Crippen molar-refractivity contribution in [2.45, 2.75) is 55.8 Å². The minimum Gasteiger partial charge on any atom is -0.481 e. The number of alkyl halides is 1. The highest BCUT2D eigenvalue weighted by molar-refractivity contribution is 14.1. The van der Waals surface area contributed by atoms with E-state index in [1.807, 2.05) is 0 Å². The topological polar surface area (TPSA) is 37.3 Å². The van der Waals surface area contributed by atoms with Crippen LogP contribution < -0.4 is 0 Å². The molecule has 2 nitrogen and oxygen atoms in total. The smallest absolute Gasteiger partial charge is 0.309 e. The Kier molecular flexibility index (Phi) is 4.67. The lowest BCUT2D eigenvalue weighted by Crippen LogP contribution is -2.37. The second-order valence-electron chi connectivity index (χ2n) is 4.34. The molecule has 1 aliphatic carbocycles. The molecule has 0 aliphatic heterocycles. The molecule has 1 aliphatic rings. The molecule has 1 rings (SSSR count). The first kappa shape index (κ1) is 12.3. The van der Waals surface area contributed by atoms with Gasteiger partial charge in [-0.3, -0.25) is 4.79 Å². The zero-order valence-corrected chi connectivity index (χ0v) is 10.9. The summed E-state index contributed by atoms with van der Waals surface area (Å²) >= 11 is 2.46. The molecule has 1 fully saturated rings. The van der Waals surface area contributed by atoms with E-state index in [2.05, 4.69) is 29.5 Å². The lowest BCUT2D eigenvalue weighted by atomic mass is 9.66. The van der Waals surface area contributed by atoms with Gasteiger partial charge in [0.25, 0.3) is 0 Å². The van der Waals surface area contributed by atoms with Crippen LogP contribution in [0.15, 0.2) is 0 Å². The van der Waals surface area contributed by atoms with Gasteiger partial charge in [0, 0.05) is 3.92 Å². The normalized spacial score (nSPS) is 21.3. The van der Waals surface area contributed by atoms with E-state index in [1.54, 1.807) is 0 Å². The van der Waals surface area contributed by atoms with Crippen LogP contribution in [-0.4, -0.2) is 15.0 Å². The molecule has 0 aromatic heterocycles. The fraction of sp³-hybridized carbons (Fsp3) is 0.909. The van der Waals surface area contributed by atoms with Crippen molar-refractivity contribution in [3.63, 3.8) is 0 Å². The fourth-order valence-corrected chi connectivity index (χ4v) is 2.48. The number of hydrogen-bond acceptors (Lipinski definition) is 1. The Hall–Kier alpha value is 0.200. The summed E-state index contributed by atoms with van der Waals surface area (Å²) in [6.07, 6.45) is 7.25. The molecular formula is C11H19IO2. The number of halogens is 1. The van der Waals surface area contributed by atoms with Crippen LogP contribution in [0.3, 0.4) is 0 Å². The van der Waals surface area contributed by atoms with Crippen LogP contribution in [0.25, 0.3) is 0 Å². The van der Waals surface area contributed by atoms with Crippen LogP contribution in [0.1, 0.15) is 51.9 Å². The van der Waals surface area contributed by atoms with Gasteiger partial charge in [-0.25, -0.2) is 0 Å². The first-order chi connectivity index (χ1) is 6.60. The van der Waals surface area contributed by atoms with Crippen LogP contribution in [0.2, 0.25) is 0 Å². The summed E-state index contributed by atoms with van der Waals surface area (Å²) in [5.74, 6) is -0.565. The second-order valence-corrected chi connectivity index (χ2v) is 6.10. The average Bonchev–Trinajstić information content (AvgIpc) is 2.08. The molecule has 0 saturated heterocycles. The van der Waals surface area contributed by atoms with Crippen LogP contribution in [0.5, 0.6) is 0 Å². The Morgan fingerprint density at radius 3 is 2.57 bits per heavy atom. The van der Waals surface area contributed by atoms with E-state index in [4.69, 9.17) is 5.11 Å². The molecule has 1 atom stereocenters. The third-order valence-corrected chi connectivity index (χ3v) is 4.88. The van der Waals surface area contributed by atoms with Crippen LogP contribution in [-0.2, 0) is 4.79 Å². The maximum absolute atomic E-state index is 11.0. The number of carboxylic acids is 1. The average molecular weight is 310 g/mol. The molecule has 0 aromatic carbocycles. The lowest BCUT2D eigenvalue weighted by Gasteiger charge is -2.37. The predicted octanol–water partition coefficient (Wildman–Crippen LogP) is 3.63. The summed E-state index contributed by atoms with van der Waals surface area (Å²) in [7, 11) is 0. The van der Waals surface area contributed by atoms with E-state index >= 15 is 0 Å². The largest absolute Gasteiger partial charge is 0.481 e. The lowest BCUT2D eigenvalue weighted by molar-refractivity contribution is -0.155. The van der Waals surface area contributed by atoms with Crippen molar-refractivity contribution in [3.8, 4) is 0 Å². The monoisotopic (exact) mass is 310 g/mol. The van der Waals surface area contributed by atoms with E-state index in [9.17, 15) is 4.79 Å². The molecule has 14 heavy (non-hydrogen) atoms. The van der Waals surface area contributed by atoms with Crippen LogP contribution in [0, 0.1) is 5.41 Å². The van der Waals surface area contributed by atoms with Crippen molar-refractivity contribution in [2.24, 2.45) is 5.41 Å². The van der Waals surface area contributed by atoms with Gasteiger partial charge < -0.3 is 5.11 Å². The van der Waals surface area contributed by atoms with Crippen molar-refractivity contribution >= 4 is 28.6 Å². The third kappa shape index (κ3) is 2.84. The molecule has 1 N–H and O–H groups in total. The highest BCUT2D eigenvalue weighted by atomic mass is 127. The number of aliphatic carboxylic acids is 1. The Labute approximate surface area is 99.6 Å².